The van der Waals surface area contributed by atoms with E-state index in [1.807, 2.05) is 6.07 Å². The summed E-state index contributed by atoms with van der Waals surface area (Å²) in [6.45, 7) is 9.26. The van der Waals surface area contributed by atoms with E-state index in [1.165, 1.54) is 76.2 Å². The molecule has 0 aliphatic heterocycles. The summed E-state index contributed by atoms with van der Waals surface area (Å²) in [4.78, 5) is 0. The van der Waals surface area contributed by atoms with Gasteiger partial charge in [-0.2, -0.15) is 0 Å². The summed E-state index contributed by atoms with van der Waals surface area (Å²) in [5.41, 5.74) is 2.30. The van der Waals surface area contributed by atoms with Crippen LogP contribution < -0.4 is 0 Å². The first-order valence-electron chi connectivity index (χ1n) is 10.6. The highest BCUT2D eigenvalue weighted by atomic mass is 16.5. The molecule has 0 radical (unpaired) electrons. The summed E-state index contributed by atoms with van der Waals surface area (Å²) < 4.78 is 6.08. The lowest BCUT2D eigenvalue weighted by atomic mass is 10.0. The quantitative estimate of drug-likeness (QED) is 0.218. The number of unbranched alkanes of at least 4 members (excludes halogenated alkanes) is 11. The molecule has 0 aliphatic carbocycles. The highest BCUT2D eigenvalue weighted by molar-refractivity contribution is 5.24. The lowest BCUT2D eigenvalue weighted by Gasteiger charge is -2.18. The molecule has 0 amide bonds. The third-order valence-corrected chi connectivity index (χ3v) is 4.83. The van der Waals surface area contributed by atoms with Gasteiger partial charge in [0.05, 0.1) is 0 Å². The molecule has 0 N–H and O–H groups in total. The van der Waals surface area contributed by atoms with Crippen LogP contribution in [0.25, 0.3) is 0 Å². The maximum Gasteiger partial charge on any atom is 0.103 e. The Morgan fingerprint density at radius 3 is 1.76 bits per heavy atom. The van der Waals surface area contributed by atoms with Crippen molar-refractivity contribution in [2.24, 2.45) is 0 Å². The van der Waals surface area contributed by atoms with Crippen LogP contribution in [0.1, 0.15) is 103 Å². The van der Waals surface area contributed by atoms with Crippen LogP contribution in [-0.4, -0.2) is 6.61 Å². The Hall–Kier alpha value is -1.08. The van der Waals surface area contributed by atoms with Gasteiger partial charge >= 0.3 is 0 Å². The molecular weight excluding hydrogens is 304 g/mol. The second-order valence-electron chi connectivity index (χ2n) is 7.40. The van der Waals surface area contributed by atoms with Crippen LogP contribution in [0.4, 0.5) is 0 Å². The zero-order chi connectivity index (χ0) is 18.2. The fraction of sp³-hybridized carbons (Fsp3) is 0.667. The lowest BCUT2D eigenvalue weighted by molar-refractivity contribution is 0.0744. The maximum atomic E-state index is 6.08. The minimum Gasteiger partial charge on any atom is -0.369 e. The van der Waals surface area contributed by atoms with Crippen molar-refractivity contribution in [1.29, 1.82) is 0 Å². The third-order valence-electron chi connectivity index (χ3n) is 4.83. The van der Waals surface area contributed by atoms with Gasteiger partial charge in [0.15, 0.2) is 0 Å². The molecule has 0 saturated heterocycles. The summed E-state index contributed by atoms with van der Waals surface area (Å²) in [6, 6.07) is 10.4. The van der Waals surface area contributed by atoms with Gasteiger partial charge in [-0.05, 0) is 24.5 Å². The summed E-state index contributed by atoms with van der Waals surface area (Å²) in [5.74, 6) is 0. The van der Waals surface area contributed by atoms with Crippen molar-refractivity contribution in [2.45, 2.75) is 97.0 Å². The highest BCUT2D eigenvalue weighted by Crippen LogP contribution is 2.24. The predicted octanol–water partition coefficient (Wildman–Crippen LogP) is 8.02. The monoisotopic (exact) mass is 344 g/mol. The molecule has 0 saturated carbocycles. The van der Waals surface area contributed by atoms with Crippen molar-refractivity contribution in [3.05, 3.63) is 48.0 Å². The van der Waals surface area contributed by atoms with E-state index >= 15 is 0 Å². The Bertz CT molecular complexity index is 423. The highest BCUT2D eigenvalue weighted by Gasteiger charge is 2.11. The number of hydrogen-bond donors (Lipinski definition) is 0. The second kappa shape index (κ2) is 15.2. The minimum absolute atomic E-state index is 0.0499. The molecule has 0 heterocycles. The SMILES string of the molecule is C=C(C)C(OCCCCCCCCCCCCCC)c1ccccc1. The lowest BCUT2D eigenvalue weighted by Crippen LogP contribution is -2.06. The van der Waals surface area contributed by atoms with E-state index in [0.29, 0.717) is 0 Å². The van der Waals surface area contributed by atoms with E-state index in [-0.39, 0.29) is 6.10 Å². The Kier molecular flexibility index (Phi) is 13.3. The molecule has 1 aromatic carbocycles. The summed E-state index contributed by atoms with van der Waals surface area (Å²) in [6.07, 6.45) is 16.6. The van der Waals surface area contributed by atoms with E-state index in [0.717, 1.165) is 18.6 Å². The molecule has 1 aromatic rings. The second-order valence-corrected chi connectivity index (χ2v) is 7.40. The number of ether oxygens (including phenoxy) is 1. The van der Waals surface area contributed by atoms with E-state index in [1.54, 1.807) is 0 Å². The van der Waals surface area contributed by atoms with Crippen LogP contribution in [0.15, 0.2) is 42.5 Å². The zero-order valence-electron chi connectivity index (χ0n) is 16.8. The maximum absolute atomic E-state index is 6.08. The van der Waals surface area contributed by atoms with Crippen molar-refractivity contribution in [3.63, 3.8) is 0 Å². The largest absolute Gasteiger partial charge is 0.369 e. The summed E-state index contributed by atoms with van der Waals surface area (Å²) >= 11 is 0. The van der Waals surface area contributed by atoms with Crippen molar-refractivity contribution in [1.82, 2.24) is 0 Å². The topological polar surface area (TPSA) is 9.23 Å². The molecule has 142 valence electrons. The van der Waals surface area contributed by atoms with Crippen molar-refractivity contribution >= 4 is 0 Å². The molecule has 0 aliphatic rings. The molecule has 1 nitrogen and oxygen atoms in total. The Balaban J connectivity index is 1.96. The van der Waals surface area contributed by atoms with E-state index in [2.05, 4.69) is 44.7 Å². The summed E-state index contributed by atoms with van der Waals surface area (Å²) in [7, 11) is 0. The van der Waals surface area contributed by atoms with Crippen molar-refractivity contribution in [2.75, 3.05) is 6.61 Å². The van der Waals surface area contributed by atoms with Gasteiger partial charge in [0.1, 0.15) is 6.10 Å². The molecular formula is C24H40O. The van der Waals surface area contributed by atoms with Crippen molar-refractivity contribution in [3.8, 4) is 0 Å². The first-order valence-corrected chi connectivity index (χ1v) is 10.6. The first kappa shape index (κ1) is 22.0. The van der Waals surface area contributed by atoms with Crippen LogP contribution in [-0.2, 0) is 4.74 Å². The average Bonchev–Trinajstić information content (AvgIpc) is 2.62. The van der Waals surface area contributed by atoms with Gasteiger partial charge in [0.2, 0.25) is 0 Å². The normalized spacial score (nSPS) is 12.2. The van der Waals surface area contributed by atoms with E-state index in [9.17, 15) is 0 Å². The van der Waals surface area contributed by atoms with Gasteiger partial charge in [-0.1, -0.05) is 114 Å². The molecule has 0 aromatic heterocycles. The van der Waals surface area contributed by atoms with Gasteiger partial charge in [-0.25, -0.2) is 0 Å². The number of hydrogen-bond acceptors (Lipinski definition) is 1. The van der Waals surface area contributed by atoms with Crippen molar-refractivity contribution < 1.29 is 4.74 Å². The predicted molar refractivity (Wildman–Crippen MR) is 111 cm³/mol. The van der Waals surface area contributed by atoms with Gasteiger partial charge in [-0.15, -0.1) is 0 Å². The van der Waals surface area contributed by atoms with Gasteiger partial charge in [0.25, 0.3) is 0 Å². The van der Waals surface area contributed by atoms with Crippen LogP contribution >= 0.6 is 0 Å². The molecule has 0 spiro atoms. The number of benzene rings is 1. The fourth-order valence-electron chi connectivity index (χ4n) is 3.30. The standard InChI is InChI=1S/C24H40O/c1-4-5-6-7-8-9-10-11-12-13-14-18-21-25-24(22(2)3)23-19-16-15-17-20-23/h15-17,19-20,24H,2,4-14,18,21H2,1,3H3. The van der Waals surface area contributed by atoms with Gasteiger partial charge in [0, 0.05) is 6.61 Å². The molecule has 0 fully saturated rings. The van der Waals surface area contributed by atoms with Crippen LogP contribution in [0, 0.1) is 0 Å². The Morgan fingerprint density at radius 1 is 0.800 bits per heavy atom. The molecule has 1 rings (SSSR count). The molecule has 25 heavy (non-hydrogen) atoms. The zero-order valence-corrected chi connectivity index (χ0v) is 16.8. The number of rotatable bonds is 16. The molecule has 0 bridgehead atoms. The minimum atomic E-state index is 0.0499. The molecule has 1 heteroatoms. The smallest absolute Gasteiger partial charge is 0.103 e. The van der Waals surface area contributed by atoms with Crippen LogP contribution in [0.3, 0.4) is 0 Å². The Labute approximate surface area is 156 Å². The van der Waals surface area contributed by atoms with E-state index in [4.69, 9.17) is 4.74 Å². The average molecular weight is 345 g/mol. The van der Waals surface area contributed by atoms with Gasteiger partial charge in [-0.3, -0.25) is 0 Å². The van der Waals surface area contributed by atoms with E-state index < -0.39 is 0 Å². The van der Waals surface area contributed by atoms with Gasteiger partial charge < -0.3 is 4.74 Å². The van der Waals surface area contributed by atoms with Crippen LogP contribution in [0.2, 0.25) is 0 Å². The van der Waals surface area contributed by atoms with Crippen LogP contribution in [0.5, 0.6) is 0 Å². The molecule has 1 atom stereocenters. The fourth-order valence-corrected chi connectivity index (χ4v) is 3.30. The first-order chi connectivity index (χ1) is 12.3. The Morgan fingerprint density at radius 2 is 1.28 bits per heavy atom. The third kappa shape index (κ3) is 11.2. The molecule has 1 unspecified atom stereocenters. The summed E-state index contributed by atoms with van der Waals surface area (Å²) in [5, 5.41) is 0.